The molecule has 17 heavy (non-hydrogen) atoms. The largest absolute Gasteiger partial charge is 0.504 e. The Morgan fingerprint density at radius 1 is 1.47 bits per heavy atom. The molecule has 0 fully saturated rings. The summed E-state index contributed by atoms with van der Waals surface area (Å²) in [6.45, 7) is 4.06. The van der Waals surface area contributed by atoms with Crippen LogP contribution in [0.15, 0.2) is 12.1 Å². The van der Waals surface area contributed by atoms with E-state index in [1.54, 1.807) is 19.9 Å². The van der Waals surface area contributed by atoms with E-state index in [1.165, 1.54) is 6.07 Å². The van der Waals surface area contributed by atoms with Gasteiger partial charge in [-0.25, -0.2) is 13.4 Å². The van der Waals surface area contributed by atoms with Gasteiger partial charge in [0.2, 0.25) is 10.0 Å². The van der Waals surface area contributed by atoms with Crippen molar-refractivity contribution in [2.45, 2.75) is 13.8 Å². The number of nitrogens with one attached hydrogen (secondary N) is 1. The molecule has 0 unspecified atom stereocenters. The van der Waals surface area contributed by atoms with Crippen molar-refractivity contribution in [2.24, 2.45) is 0 Å². The zero-order valence-corrected chi connectivity index (χ0v) is 10.6. The minimum Gasteiger partial charge on any atom is -0.504 e. The van der Waals surface area contributed by atoms with Crippen LogP contribution in [0.3, 0.4) is 0 Å². The van der Waals surface area contributed by atoms with E-state index in [0.717, 1.165) is 0 Å². The molecular weight excluding hydrogens is 244 g/mol. The van der Waals surface area contributed by atoms with Gasteiger partial charge in [-0.1, -0.05) is 0 Å². The van der Waals surface area contributed by atoms with Gasteiger partial charge in [-0.3, -0.25) is 4.72 Å². The van der Waals surface area contributed by atoms with Crippen molar-refractivity contribution in [3.63, 3.8) is 0 Å². The Bertz CT molecular complexity index is 473. The van der Waals surface area contributed by atoms with Crippen LogP contribution in [-0.4, -0.2) is 37.5 Å². The van der Waals surface area contributed by atoms with Crippen molar-refractivity contribution in [2.75, 3.05) is 23.7 Å². The Labute approximate surface area is 101 Å². The molecule has 1 rings (SSSR count). The summed E-state index contributed by atoms with van der Waals surface area (Å²) in [5, 5.41) is 9.45. The summed E-state index contributed by atoms with van der Waals surface area (Å²) in [5.41, 5.74) is 0.616. The Morgan fingerprint density at radius 3 is 2.82 bits per heavy atom. The second-order valence-corrected chi connectivity index (χ2v) is 5.28. The lowest BCUT2D eigenvalue weighted by molar-refractivity contribution is 0.163. The normalized spacial score (nSPS) is 11.4. The average molecular weight is 260 g/mol. The van der Waals surface area contributed by atoms with Crippen LogP contribution >= 0.6 is 0 Å². The van der Waals surface area contributed by atoms with E-state index < -0.39 is 10.0 Å². The molecule has 1 aromatic heterocycles. The SMILES string of the molecule is CCOCCS(=O)(=O)Nc1nc(C)ccc1O. The lowest BCUT2D eigenvalue weighted by Gasteiger charge is -2.09. The lowest BCUT2D eigenvalue weighted by Crippen LogP contribution is -2.21. The van der Waals surface area contributed by atoms with Gasteiger partial charge in [0, 0.05) is 12.3 Å². The van der Waals surface area contributed by atoms with Crippen LogP contribution in [0.2, 0.25) is 0 Å². The quantitative estimate of drug-likeness (QED) is 0.741. The molecule has 0 aliphatic heterocycles. The number of ether oxygens (including phenoxy) is 1. The number of hydrogen-bond acceptors (Lipinski definition) is 5. The number of nitrogens with zero attached hydrogens (tertiary/aromatic N) is 1. The number of aromatic nitrogens is 1. The predicted octanol–water partition coefficient (Wildman–Crippen LogP) is 0.874. The summed E-state index contributed by atoms with van der Waals surface area (Å²) in [4.78, 5) is 3.91. The smallest absolute Gasteiger partial charge is 0.236 e. The molecule has 0 saturated heterocycles. The highest BCUT2D eigenvalue weighted by Crippen LogP contribution is 2.21. The maximum Gasteiger partial charge on any atom is 0.236 e. The molecular formula is C10H16N2O4S. The molecule has 0 saturated carbocycles. The first-order chi connectivity index (χ1) is 7.94. The summed E-state index contributed by atoms with van der Waals surface area (Å²) in [6, 6.07) is 2.98. The first-order valence-electron chi connectivity index (χ1n) is 5.19. The monoisotopic (exact) mass is 260 g/mol. The third kappa shape index (κ3) is 4.58. The van der Waals surface area contributed by atoms with Crippen molar-refractivity contribution < 1.29 is 18.3 Å². The zero-order chi connectivity index (χ0) is 12.9. The molecule has 0 amide bonds. The van der Waals surface area contributed by atoms with E-state index in [9.17, 15) is 13.5 Å². The van der Waals surface area contributed by atoms with Gasteiger partial charge in [0.25, 0.3) is 0 Å². The Morgan fingerprint density at radius 2 is 2.18 bits per heavy atom. The summed E-state index contributed by atoms with van der Waals surface area (Å²) in [6.07, 6.45) is 0. The molecule has 96 valence electrons. The second kappa shape index (κ2) is 5.83. The topological polar surface area (TPSA) is 88.5 Å². The van der Waals surface area contributed by atoms with E-state index >= 15 is 0 Å². The number of sulfonamides is 1. The second-order valence-electron chi connectivity index (χ2n) is 3.44. The van der Waals surface area contributed by atoms with Gasteiger partial charge in [0.05, 0.1) is 12.4 Å². The number of rotatable bonds is 6. The summed E-state index contributed by atoms with van der Waals surface area (Å²) in [7, 11) is -3.54. The van der Waals surface area contributed by atoms with Gasteiger partial charge in [-0.2, -0.15) is 0 Å². The molecule has 0 aliphatic rings. The van der Waals surface area contributed by atoms with Gasteiger partial charge in [-0.15, -0.1) is 0 Å². The van der Waals surface area contributed by atoms with Crippen LogP contribution in [0.25, 0.3) is 0 Å². The van der Waals surface area contributed by atoms with Gasteiger partial charge >= 0.3 is 0 Å². The number of aryl methyl sites for hydroxylation is 1. The van der Waals surface area contributed by atoms with Crippen molar-refractivity contribution >= 4 is 15.8 Å². The van der Waals surface area contributed by atoms with E-state index in [-0.39, 0.29) is 23.9 Å². The fourth-order valence-corrected chi connectivity index (χ4v) is 2.02. The van der Waals surface area contributed by atoms with E-state index in [1.807, 2.05) is 0 Å². The molecule has 2 N–H and O–H groups in total. The predicted molar refractivity (Wildman–Crippen MR) is 64.5 cm³/mol. The van der Waals surface area contributed by atoms with Crippen molar-refractivity contribution in [3.05, 3.63) is 17.8 Å². The standard InChI is InChI=1S/C10H16N2O4S/c1-3-16-6-7-17(14,15)12-10-9(13)5-4-8(2)11-10/h4-5,13H,3,6-7H2,1-2H3,(H,11,12). The molecule has 6 nitrogen and oxygen atoms in total. The van der Waals surface area contributed by atoms with Gasteiger partial charge < -0.3 is 9.84 Å². The van der Waals surface area contributed by atoms with E-state index in [2.05, 4.69) is 9.71 Å². The molecule has 0 aromatic carbocycles. The lowest BCUT2D eigenvalue weighted by atomic mass is 10.3. The Kier molecular flexibility index (Phi) is 4.71. The van der Waals surface area contributed by atoms with Crippen LogP contribution in [-0.2, 0) is 14.8 Å². The number of aromatic hydroxyl groups is 1. The molecule has 0 aliphatic carbocycles. The fraction of sp³-hybridized carbons (Fsp3) is 0.500. The Hall–Kier alpha value is -1.34. The van der Waals surface area contributed by atoms with Crippen molar-refractivity contribution in [3.8, 4) is 5.75 Å². The Balaban J connectivity index is 2.72. The molecule has 0 atom stereocenters. The zero-order valence-electron chi connectivity index (χ0n) is 9.80. The maximum atomic E-state index is 11.6. The maximum absolute atomic E-state index is 11.6. The first-order valence-corrected chi connectivity index (χ1v) is 6.84. The molecule has 1 heterocycles. The molecule has 0 radical (unpaired) electrons. The first kappa shape index (κ1) is 13.7. The van der Waals surface area contributed by atoms with Crippen LogP contribution in [0.1, 0.15) is 12.6 Å². The van der Waals surface area contributed by atoms with E-state index in [4.69, 9.17) is 4.74 Å². The van der Waals surface area contributed by atoms with Crippen molar-refractivity contribution in [1.29, 1.82) is 0 Å². The third-order valence-corrected chi connectivity index (χ3v) is 3.17. The minimum absolute atomic E-state index is 0.0542. The number of anilines is 1. The molecule has 1 aromatic rings. The van der Waals surface area contributed by atoms with Crippen LogP contribution in [0, 0.1) is 6.92 Å². The fourth-order valence-electron chi connectivity index (χ4n) is 1.14. The number of pyridine rings is 1. The summed E-state index contributed by atoms with van der Waals surface area (Å²) < 4.78 is 30.4. The van der Waals surface area contributed by atoms with E-state index in [0.29, 0.717) is 12.3 Å². The van der Waals surface area contributed by atoms with Gasteiger partial charge in [0.15, 0.2) is 11.6 Å². The summed E-state index contributed by atoms with van der Waals surface area (Å²) in [5.74, 6) is -0.423. The highest BCUT2D eigenvalue weighted by atomic mass is 32.2. The minimum atomic E-state index is -3.54. The van der Waals surface area contributed by atoms with Gasteiger partial charge in [-0.05, 0) is 26.0 Å². The third-order valence-electron chi connectivity index (χ3n) is 1.97. The highest BCUT2D eigenvalue weighted by Gasteiger charge is 2.13. The summed E-state index contributed by atoms with van der Waals surface area (Å²) >= 11 is 0. The molecule has 0 bridgehead atoms. The highest BCUT2D eigenvalue weighted by molar-refractivity contribution is 7.92. The van der Waals surface area contributed by atoms with Crippen LogP contribution < -0.4 is 4.72 Å². The van der Waals surface area contributed by atoms with Crippen LogP contribution in [0.5, 0.6) is 5.75 Å². The average Bonchev–Trinajstić information content (AvgIpc) is 2.23. The van der Waals surface area contributed by atoms with Crippen LogP contribution in [0.4, 0.5) is 5.82 Å². The molecule has 0 spiro atoms. The van der Waals surface area contributed by atoms with Gasteiger partial charge in [0.1, 0.15) is 0 Å². The van der Waals surface area contributed by atoms with Crippen molar-refractivity contribution in [1.82, 2.24) is 4.98 Å². The molecule has 7 heteroatoms. The number of hydrogen-bond donors (Lipinski definition) is 2.